The second kappa shape index (κ2) is 6.43. The first-order chi connectivity index (χ1) is 9.91. The van der Waals surface area contributed by atoms with Crippen molar-refractivity contribution in [3.8, 4) is 0 Å². The maximum atomic E-state index is 11.8. The van der Waals surface area contributed by atoms with E-state index in [0.29, 0.717) is 19.5 Å². The molecule has 116 valence electrons. The Labute approximate surface area is 125 Å². The van der Waals surface area contributed by atoms with Crippen LogP contribution >= 0.6 is 0 Å². The van der Waals surface area contributed by atoms with Gasteiger partial charge in [0.05, 0.1) is 17.7 Å². The monoisotopic (exact) mass is 292 g/mol. The Hall–Kier alpha value is -1.62. The number of carboxylic acid groups (broad SMARTS) is 1. The molecule has 5 heteroatoms. The Kier molecular flexibility index (Phi) is 4.83. The molecule has 0 unspecified atom stereocenters. The van der Waals surface area contributed by atoms with Gasteiger partial charge in [-0.2, -0.15) is 0 Å². The zero-order chi connectivity index (χ0) is 15.5. The van der Waals surface area contributed by atoms with Crippen LogP contribution in [0, 0.1) is 12.3 Å². The third kappa shape index (κ3) is 3.94. The van der Waals surface area contributed by atoms with Crippen molar-refractivity contribution in [3.05, 3.63) is 29.2 Å². The van der Waals surface area contributed by atoms with Crippen molar-refractivity contribution >= 4 is 5.97 Å². The number of aryl methyl sites for hydroxylation is 1. The number of allylic oxidation sites excluding steroid dienone is 2. The molecule has 5 nitrogen and oxygen atoms in total. The van der Waals surface area contributed by atoms with Crippen LogP contribution in [-0.4, -0.2) is 34.2 Å². The van der Waals surface area contributed by atoms with E-state index in [1.807, 2.05) is 32.9 Å². The normalized spacial score (nSPS) is 23.0. The van der Waals surface area contributed by atoms with Gasteiger partial charge in [0.15, 0.2) is 5.76 Å². The van der Waals surface area contributed by atoms with Gasteiger partial charge in [0, 0.05) is 12.6 Å². The van der Waals surface area contributed by atoms with E-state index in [1.54, 1.807) is 0 Å². The second-order valence-corrected chi connectivity index (χ2v) is 6.32. The van der Waals surface area contributed by atoms with Gasteiger partial charge in [-0.25, -0.2) is 0 Å². The number of aromatic nitrogens is 1. The summed E-state index contributed by atoms with van der Waals surface area (Å²) in [5.41, 5.74) is 1.35. The molecule has 21 heavy (non-hydrogen) atoms. The molecule has 0 aromatic carbocycles. The summed E-state index contributed by atoms with van der Waals surface area (Å²) in [5, 5.41) is 13.6. The molecule has 1 aromatic rings. The lowest BCUT2D eigenvalue weighted by atomic mass is 9.76. The van der Waals surface area contributed by atoms with Crippen LogP contribution in [0.25, 0.3) is 0 Å². The van der Waals surface area contributed by atoms with Crippen LogP contribution in [0.5, 0.6) is 0 Å². The Balaban J connectivity index is 2.09. The van der Waals surface area contributed by atoms with E-state index in [0.717, 1.165) is 30.8 Å². The number of piperidine rings is 1. The van der Waals surface area contributed by atoms with E-state index in [-0.39, 0.29) is 0 Å². The smallest absolute Gasteiger partial charge is 0.311 e. The Morgan fingerprint density at radius 1 is 1.57 bits per heavy atom. The molecule has 0 saturated carbocycles. The van der Waals surface area contributed by atoms with Gasteiger partial charge in [-0.15, -0.1) is 0 Å². The fourth-order valence-corrected chi connectivity index (χ4v) is 2.90. The predicted octanol–water partition coefficient (Wildman–Crippen LogP) is 3.01. The molecule has 1 fully saturated rings. The molecule has 0 spiro atoms. The molecule has 2 heterocycles. The van der Waals surface area contributed by atoms with Crippen LogP contribution in [0.3, 0.4) is 0 Å². The molecule has 1 aliphatic heterocycles. The van der Waals surface area contributed by atoms with Gasteiger partial charge in [-0.3, -0.25) is 9.69 Å². The van der Waals surface area contributed by atoms with Crippen molar-refractivity contribution in [1.82, 2.24) is 10.1 Å². The molecule has 0 radical (unpaired) electrons. The minimum Gasteiger partial charge on any atom is -0.481 e. The second-order valence-electron chi connectivity index (χ2n) is 6.32. The summed E-state index contributed by atoms with van der Waals surface area (Å²) in [5.74, 6) is 0.106. The third-order valence-corrected chi connectivity index (χ3v) is 4.07. The maximum Gasteiger partial charge on any atom is 0.311 e. The van der Waals surface area contributed by atoms with Gasteiger partial charge in [-0.05, 0) is 46.6 Å². The lowest BCUT2D eigenvalue weighted by molar-refractivity contribution is -0.152. The van der Waals surface area contributed by atoms with Crippen LogP contribution in [0.15, 0.2) is 22.2 Å². The van der Waals surface area contributed by atoms with E-state index in [2.05, 4.69) is 10.1 Å². The van der Waals surface area contributed by atoms with Gasteiger partial charge in [0.25, 0.3) is 0 Å². The number of carbonyl (C=O) groups is 1. The maximum absolute atomic E-state index is 11.8. The third-order valence-electron chi connectivity index (χ3n) is 4.07. The summed E-state index contributed by atoms with van der Waals surface area (Å²) in [4.78, 5) is 14.0. The Morgan fingerprint density at radius 3 is 2.90 bits per heavy atom. The first-order valence-corrected chi connectivity index (χ1v) is 7.43. The number of carboxylic acids is 1. The average Bonchev–Trinajstić information content (AvgIpc) is 2.82. The highest BCUT2D eigenvalue weighted by Crippen LogP contribution is 2.35. The fraction of sp³-hybridized carbons (Fsp3) is 0.625. The van der Waals surface area contributed by atoms with Crippen LogP contribution in [0.2, 0.25) is 0 Å². The van der Waals surface area contributed by atoms with E-state index < -0.39 is 11.4 Å². The number of aliphatic carboxylic acids is 1. The molecular weight excluding hydrogens is 268 g/mol. The van der Waals surface area contributed by atoms with Crippen molar-refractivity contribution in [2.75, 3.05) is 13.1 Å². The first-order valence-electron chi connectivity index (χ1n) is 7.43. The van der Waals surface area contributed by atoms with E-state index in [1.165, 1.54) is 5.57 Å². The van der Waals surface area contributed by atoms with E-state index >= 15 is 0 Å². The van der Waals surface area contributed by atoms with E-state index in [4.69, 9.17) is 4.52 Å². The minimum absolute atomic E-state index is 0.561. The van der Waals surface area contributed by atoms with Gasteiger partial charge in [0.1, 0.15) is 0 Å². The summed E-state index contributed by atoms with van der Waals surface area (Å²) in [6.45, 7) is 8.00. The lowest BCUT2D eigenvalue weighted by Crippen LogP contribution is -2.47. The predicted molar refractivity (Wildman–Crippen MR) is 79.9 cm³/mol. The molecular formula is C16H24N2O3. The van der Waals surface area contributed by atoms with Crippen molar-refractivity contribution in [3.63, 3.8) is 0 Å². The molecule has 1 aromatic heterocycles. The van der Waals surface area contributed by atoms with Crippen LogP contribution in [0.1, 0.15) is 44.6 Å². The van der Waals surface area contributed by atoms with Gasteiger partial charge < -0.3 is 9.63 Å². The zero-order valence-corrected chi connectivity index (χ0v) is 13.1. The van der Waals surface area contributed by atoms with Crippen molar-refractivity contribution in [1.29, 1.82) is 0 Å². The molecule has 2 rings (SSSR count). The first kappa shape index (κ1) is 15.8. The molecule has 0 bridgehead atoms. The average molecular weight is 292 g/mol. The Morgan fingerprint density at radius 2 is 2.33 bits per heavy atom. The van der Waals surface area contributed by atoms with Gasteiger partial charge >= 0.3 is 5.97 Å². The summed E-state index contributed by atoms with van der Waals surface area (Å²) in [6.07, 6.45) is 4.26. The topological polar surface area (TPSA) is 66.6 Å². The zero-order valence-electron chi connectivity index (χ0n) is 13.1. The molecule has 1 atom stereocenters. The molecule has 1 saturated heterocycles. The van der Waals surface area contributed by atoms with Crippen molar-refractivity contribution < 1.29 is 14.4 Å². The highest BCUT2D eigenvalue weighted by Gasteiger charge is 2.41. The number of rotatable bonds is 5. The summed E-state index contributed by atoms with van der Waals surface area (Å²) in [6, 6.07) is 1.91. The highest BCUT2D eigenvalue weighted by molar-refractivity contribution is 5.75. The summed E-state index contributed by atoms with van der Waals surface area (Å²) >= 11 is 0. The quantitative estimate of drug-likeness (QED) is 0.845. The van der Waals surface area contributed by atoms with E-state index in [9.17, 15) is 9.90 Å². The summed E-state index contributed by atoms with van der Waals surface area (Å²) in [7, 11) is 0. The van der Waals surface area contributed by atoms with Crippen LogP contribution in [0.4, 0.5) is 0 Å². The van der Waals surface area contributed by atoms with Crippen molar-refractivity contribution in [2.24, 2.45) is 5.41 Å². The summed E-state index contributed by atoms with van der Waals surface area (Å²) < 4.78 is 5.24. The molecule has 0 amide bonds. The number of likely N-dealkylation sites (tertiary alicyclic amines) is 1. The van der Waals surface area contributed by atoms with Crippen LogP contribution < -0.4 is 0 Å². The molecule has 0 aliphatic carbocycles. The number of hydrogen-bond acceptors (Lipinski definition) is 4. The highest BCUT2D eigenvalue weighted by atomic mass is 16.5. The van der Waals surface area contributed by atoms with Gasteiger partial charge in [0.2, 0.25) is 0 Å². The number of nitrogens with zero attached hydrogens (tertiary/aromatic N) is 2. The lowest BCUT2D eigenvalue weighted by Gasteiger charge is -2.39. The standard InChI is InChI=1S/C16H24N2O3/c1-12(2)5-7-16(15(19)20)6-4-8-18(11-16)10-14-9-13(3)17-21-14/h5,9H,4,6-8,10-11H2,1-3H3,(H,19,20)/t16-/m0/s1. The fourth-order valence-electron chi connectivity index (χ4n) is 2.90. The largest absolute Gasteiger partial charge is 0.481 e. The molecule has 1 aliphatic rings. The minimum atomic E-state index is -0.696. The Bertz CT molecular complexity index is 531. The number of hydrogen-bond donors (Lipinski definition) is 1. The molecule has 1 N–H and O–H groups in total. The van der Waals surface area contributed by atoms with Crippen LogP contribution in [-0.2, 0) is 11.3 Å². The van der Waals surface area contributed by atoms with Gasteiger partial charge in [-0.1, -0.05) is 16.8 Å². The SMILES string of the molecule is CC(C)=CC[C@@]1(C(=O)O)CCCN(Cc2cc(C)no2)C1. The van der Waals surface area contributed by atoms with Crippen molar-refractivity contribution in [2.45, 2.75) is 46.6 Å².